The van der Waals surface area contributed by atoms with Crippen molar-refractivity contribution >= 4 is 17.8 Å². The number of Topliss-reactive ketones (excluding diaryl/α,β-unsaturated/α-hetero) is 1. The first-order valence-electron chi connectivity index (χ1n) is 9.72. The van der Waals surface area contributed by atoms with Crippen molar-refractivity contribution in [3.63, 3.8) is 0 Å². The van der Waals surface area contributed by atoms with Gasteiger partial charge in [-0.15, -0.1) is 0 Å². The van der Waals surface area contributed by atoms with E-state index in [4.69, 9.17) is 9.47 Å². The highest BCUT2D eigenvalue weighted by Gasteiger charge is 2.28. The standard InChI is InChI=1S/C24H22O4/c25-23-20-15-14-19(27-24(26)18-11-5-2-6-12-18)16-22(20)28-21(23)13-7-10-17-8-3-1-4-9-17/h1,3-4,7-10,13-16,18H,2,5-6,11-12H2. The Kier molecular flexibility index (Phi) is 5.38. The molecule has 2 aromatic rings. The first-order chi connectivity index (χ1) is 13.7. The molecule has 0 aromatic heterocycles. The summed E-state index contributed by atoms with van der Waals surface area (Å²) >= 11 is 0. The number of carbonyl (C=O) groups is 2. The summed E-state index contributed by atoms with van der Waals surface area (Å²) in [4.78, 5) is 24.8. The fraction of sp³-hybridized carbons (Fsp3) is 0.250. The van der Waals surface area contributed by atoms with Gasteiger partial charge in [0.1, 0.15) is 11.5 Å². The number of esters is 1. The number of hydrogen-bond acceptors (Lipinski definition) is 4. The van der Waals surface area contributed by atoms with E-state index in [9.17, 15) is 9.59 Å². The molecule has 4 heteroatoms. The lowest BCUT2D eigenvalue weighted by atomic mass is 9.89. The molecular weight excluding hydrogens is 352 g/mol. The average molecular weight is 374 g/mol. The zero-order chi connectivity index (χ0) is 19.3. The molecule has 4 rings (SSSR count). The highest BCUT2D eigenvalue weighted by molar-refractivity contribution is 6.12. The molecule has 0 bridgehead atoms. The Bertz CT molecular complexity index is 934. The van der Waals surface area contributed by atoms with E-state index in [0.29, 0.717) is 17.1 Å². The van der Waals surface area contributed by atoms with E-state index in [2.05, 4.69) is 0 Å². The van der Waals surface area contributed by atoms with Crippen LogP contribution in [0.5, 0.6) is 11.5 Å². The van der Waals surface area contributed by atoms with Gasteiger partial charge in [0.05, 0.1) is 11.5 Å². The van der Waals surface area contributed by atoms with E-state index in [0.717, 1.165) is 31.2 Å². The molecule has 28 heavy (non-hydrogen) atoms. The van der Waals surface area contributed by atoms with Crippen LogP contribution in [-0.2, 0) is 4.79 Å². The first kappa shape index (κ1) is 18.2. The molecule has 4 nitrogen and oxygen atoms in total. The normalized spacial score (nSPS) is 18.3. The molecule has 1 saturated carbocycles. The zero-order valence-corrected chi connectivity index (χ0v) is 15.6. The fourth-order valence-electron chi connectivity index (χ4n) is 3.59. The SMILES string of the molecule is O=C1C(=CC=Cc2ccccc2)Oc2cc(OC(=O)C3CCCCC3)ccc21. The van der Waals surface area contributed by atoms with E-state index in [1.807, 2.05) is 36.4 Å². The van der Waals surface area contributed by atoms with Crippen LogP contribution in [0.4, 0.5) is 0 Å². The fourth-order valence-corrected chi connectivity index (χ4v) is 3.59. The summed E-state index contributed by atoms with van der Waals surface area (Å²) in [6.45, 7) is 0. The summed E-state index contributed by atoms with van der Waals surface area (Å²) < 4.78 is 11.2. The lowest BCUT2D eigenvalue weighted by molar-refractivity contribution is -0.139. The van der Waals surface area contributed by atoms with Crippen LogP contribution in [0.3, 0.4) is 0 Å². The van der Waals surface area contributed by atoms with Gasteiger partial charge >= 0.3 is 5.97 Å². The molecule has 1 aliphatic carbocycles. The largest absolute Gasteiger partial charge is 0.452 e. The third-order valence-corrected chi connectivity index (χ3v) is 5.13. The molecule has 0 radical (unpaired) electrons. The summed E-state index contributed by atoms with van der Waals surface area (Å²) in [5.74, 6) is 0.728. The summed E-state index contributed by atoms with van der Waals surface area (Å²) in [5.41, 5.74) is 1.52. The van der Waals surface area contributed by atoms with Gasteiger partial charge in [-0.1, -0.05) is 61.7 Å². The Morgan fingerprint density at radius 2 is 1.82 bits per heavy atom. The molecule has 0 saturated heterocycles. The van der Waals surface area contributed by atoms with E-state index < -0.39 is 0 Å². The van der Waals surface area contributed by atoms with Gasteiger partial charge in [0.2, 0.25) is 5.78 Å². The van der Waals surface area contributed by atoms with Crippen molar-refractivity contribution in [1.29, 1.82) is 0 Å². The van der Waals surface area contributed by atoms with Crippen molar-refractivity contribution in [2.24, 2.45) is 5.92 Å². The molecule has 1 heterocycles. The van der Waals surface area contributed by atoms with Gasteiger partial charge in [0.25, 0.3) is 0 Å². The second-order valence-electron chi connectivity index (χ2n) is 7.15. The Morgan fingerprint density at radius 1 is 1.04 bits per heavy atom. The number of allylic oxidation sites excluding steroid dienone is 3. The number of rotatable bonds is 4. The van der Waals surface area contributed by atoms with Crippen molar-refractivity contribution in [2.75, 3.05) is 0 Å². The molecule has 2 aliphatic rings. The van der Waals surface area contributed by atoms with Gasteiger partial charge < -0.3 is 9.47 Å². The summed E-state index contributed by atoms with van der Waals surface area (Å²) in [5, 5.41) is 0. The Morgan fingerprint density at radius 3 is 2.61 bits per heavy atom. The minimum Gasteiger partial charge on any atom is -0.452 e. The zero-order valence-electron chi connectivity index (χ0n) is 15.6. The predicted octanol–water partition coefficient (Wildman–Crippen LogP) is 5.34. The number of ether oxygens (including phenoxy) is 2. The van der Waals surface area contributed by atoms with Gasteiger partial charge in [-0.3, -0.25) is 9.59 Å². The quantitative estimate of drug-likeness (QED) is 0.411. The van der Waals surface area contributed by atoms with Crippen molar-refractivity contribution in [3.05, 3.63) is 77.6 Å². The molecule has 0 N–H and O–H groups in total. The first-order valence-corrected chi connectivity index (χ1v) is 9.72. The summed E-state index contributed by atoms with van der Waals surface area (Å²) in [6, 6.07) is 14.8. The smallest absolute Gasteiger partial charge is 0.314 e. The number of carbonyl (C=O) groups excluding carboxylic acids is 2. The molecule has 1 aliphatic heterocycles. The monoisotopic (exact) mass is 374 g/mol. The van der Waals surface area contributed by atoms with Gasteiger partial charge in [-0.2, -0.15) is 0 Å². The summed E-state index contributed by atoms with van der Waals surface area (Å²) in [6.07, 6.45) is 10.5. The van der Waals surface area contributed by atoms with Gasteiger partial charge in [0, 0.05) is 6.07 Å². The van der Waals surface area contributed by atoms with E-state index >= 15 is 0 Å². The molecule has 0 spiro atoms. The predicted molar refractivity (Wildman–Crippen MR) is 107 cm³/mol. The van der Waals surface area contributed by atoms with Crippen LogP contribution in [0.2, 0.25) is 0 Å². The second kappa shape index (κ2) is 8.26. The Hall–Kier alpha value is -3.14. The van der Waals surface area contributed by atoms with Crippen molar-refractivity contribution < 1.29 is 19.1 Å². The van der Waals surface area contributed by atoms with Crippen LogP contribution in [0.1, 0.15) is 48.0 Å². The van der Waals surface area contributed by atoms with Crippen LogP contribution in [0, 0.1) is 5.92 Å². The molecule has 1 fully saturated rings. The Balaban J connectivity index is 1.44. The van der Waals surface area contributed by atoms with Crippen LogP contribution < -0.4 is 9.47 Å². The van der Waals surface area contributed by atoms with Crippen LogP contribution in [0.25, 0.3) is 6.08 Å². The highest BCUT2D eigenvalue weighted by Crippen LogP contribution is 2.35. The lowest BCUT2D eigenvalue weighted by Crippen LogP contribution is -2.22. The Labute approximate surface area is 164 Å². The third-order valence-electron chi connectivity index (χ3n) is 5.13. The van der Waals surface area contributed by atoms with Crippen molar-refractivity contribution in [1.82, 2.24) is 0 Å². The molecule has 0 amide bonds. The minimum atomic E-state index is -0.189. The van der Waals surface area contributed by atoms with Crippen LogP contribution in [0.15, 0.2) is 66.4 Å². The van der Waals surface area contributed by atoms with Crippen LogP contribution in [-0.4, -0.2) is 11.8 Å². The second-order valence-corrected chi connectivity index (χ2v) is 7.15. The maximum atomic E-state index is 12.5. The molecular formula is C24H22O4. The maximum absolute atomic E-state index is 12.5. The van der Waals surface area contributed by atoms with E-state index in [1.165, 1.54) is 6.42 Å². The third kappa shape index (κ3) is 4.06. The minimum absolute atomic E-state index is 0.0249. The van der Waals surface area contributed by atoms with Crippen LogP contribution >= 0.6 is 0 Å². The number of benzene rings is 2. The number of hydrogen-bond donors (Lipinski definition) is 0. The number of ketones is 1. The van der Waals surface area contributed by atoms with E-state index in [1.54, 1.807) is 30.4 Å². The van der Waals surface area contributed by atoms with Gasteiger partial charge in [-0.25, -0.2) is 0 Å². The average Bonchev–Trinajstić information content (AvgIpc) is 3.04. The van der Waals surface area contributed by atoms with Gasteiger partial charge in [0.15, 0.2) is 5.76 Å². The molecule has 2 aromatic carbocycles. The number of fused-ring (bicyclic) bond motifs is 1. The van der Waals surface area contributed by atoms with E-state index in [-0.39, 0.29) is 23.4 Å². The summed E-state index contributed by atoms with van der Waals surface area (Å²) in [7, 11) is 0. The highest BCUT2D eigenvalue weighted by atomic mass is 16.5. The van der Waals surface area contributed by atoms with Crippen molar-refractivity contribution in [3.8, 4) is 11.5 Å². The van der Waals surface area contributed by atoms with Crippen molar-refractivity contribution in [2.45, 2.75) is 32.1 Å². The van der Waals surface area contributed by atoms with Gasteiger partial charge in [-0.05, 0) is 36.6 Å². The lowest BCUT2D eigenvalue weighted by Gasteiger charge is -2.19. The molecule has 0 unspecified atom stereocenters. The molecule has 0 atom stereocenters. The molecule has 142 valence electrons. The maximum Gasteiger partial charge on any atom is 0.314 e. The topological polar surface area (TPSA) is 52.6 Å².